The second kappa shape index (κ2) is 8.73. The molecule has 0 atom stereocenters. The number of likely N-dealkylation sites (N-methyl/N-ethyl adjacent to an activating group) is 1. The lowest BCUT2D eigenvalue weighted by Gasteiger charge is -2.20. The van der Waals surface area contributed by atoms with Crippen LogP contribution in [0.2, 0.25) is 0 Å². The predicted octanol–water partition coefficient (Wildman–Crippen LogP) is 1.12. The fourth-order valence-corrected chi connectivity index (χ4v) is 3.83. The Balaban J connectivity index is 1.46. The monoisotopic (exact) mass is 416 g/mol. The number of ether oxygens (including phenoxy) is 1. The first-order valence-electron chi connectivity index (χ1n) is 10.0. The average Bonchev–Trinajstić information content (AvgIpc) is 3.27. The number of hydrogen-bond acceptors (Lipinski definition) is 6. The van der Waals surface area contributed by atoms with Gasteiger partial charge in [0.2, 0.25) is 0 Å². The van der Waals surface area contributed by atoms with Crippen LogP contribution in [0.25, 0.3) is 0 Å². The maximum Gasteiger partial charge on any atom is 0.326 e. The zero-order chi connectivity index (χ0) is 21.9. The quantitative estimate of drug-likeness (QED) is 0.528. The van der Waals surface area contributed by atoms with E-state index in [0.29, 0.717) is 19.4 Å². The van der Waals surface area contributed by atoms with Gasteiger partial charge >= 0.3 is 12.0 Å². The Bertz CT molecular complexity index is 830. The van der Waals surface area contributed by atoms with Crippen molar-refractivity contribution in [3.8, 4) is 0 Å². The van der Waals surface area contributed by atoms with Gasteiger partial charge in [-0.15, -0.1) is 0 Å². The molecule has 0 aromatic heterocycles. The first-order chi connectivity index (χ1) is 14.2. The third-order valence-corrected chi connectivity index (χ3v) is 5.65. The highest BCUT2D eigenvalue weighted by atomic mass is 16.5. The smallest absolute Gasteiger partial charge is 0.326 e. The van der Waals surface area contributed by atoms with Crippen molar-refractivity contribution < 1.29 is 23.9 Å². The van der Waals surface area contributed by atoms with E-state index in [-0.39, 0.29) is 11.8 Å². The van der Waals surface area contributed by atoms with Crippen molar-refractivity contribution in [2.45, 2.75) is 37.8 Å². The van der Waals surface area contributed by atoms with Gasteiger partial charge in [0.1, 0.15) is 12.1 Å². The highest BCUT2D eigenvalue weighted by Gasteiger charge is 2.52. The van der Waals surface area contributed by atoms with E-state index in [1.165, 1.54) is 4.90 Å². The van der Waals surface area contributed by atoms with Gasteiger partial charge in [-0.05, 0) is 30.5 Å². The molecule has 30 heavy (non-hydrogen) atoms. The Hall–Kier alpha value is -3.10. The molecule has 1 saturated carbocycles. The molecular formula is C21H28N4O5. The third kappa shape index (κ3) is 4.55. The summed E-state index contributed by atoms with van der Waals surface area (Å²) in [6.45, 7) is -0.561. The molecule has 1 aliphatic heterocycles. The van der Waals surface area contributed by atoms with Gasteiger partial charge in [-0.1, -0.05) is 25.0 Å². The molecule has 3 rings (SSSR count). The number of carbonyl (C=O) groups excluding carboxylic acids is 4. The summed E-state index contributed by atoms with van der Waals surface area (Å²) in [6.07, 6.45) is 2.90. The zero-order valence-corrected chi connectivity index (χ0v) is 17.6. The highest BCUT2D eigenvalue weighted by Crippen LogP contribution is 2.34. The van der Waals surface area contributed by atoms with Crippen molar-refractivity contribution in [3.05, 3.63) is 29.8 Å². The van der Waals surface area contributed by atoms with Crippen LogP contribution in [0.3, 0.4) is 0 Å². The molecule has 1 saturated heterocycles. The first kappa shape index (κ1) is 21.6. The minimum absolute atomic E-state index is 0.371. The summed E-state index contributed by atoms with van der Waals surface area (Å²) < 4.78 is 5.01. The van der Waals surface area contributed by atoms with Crippen LogP contribution in [0.15, 0.2) is 24.3 Å². The summed E-state index contributed by atoms with van der Waals surface area (Å²) in [5.41, 5.74) is 1.14. The lowest BCUT2D eigenvalue weighted by Crippen LogP contribution is -2.44. The van der Waals surface area contributed by atoms with Gasteiger partial charge in [0.25, 0.3) is 11.8 Å². The molecule has 1 spiro atoms. The number of carbonyl (C=O) groups is 4. The van der Waals surface area contributed by atoms with Gasteiger partial charge in [-0.25, -0.2) is 4.79 Å². The van der Waals surface area contributed by atoms with Crippen molar-refractivity contribution >= 4 is 29.5 Å². The number of benzene rings is 1. The Labute approximate surface area is 175 Å². The number of hydrogen-bond donors (Lipinski definition) is 1. The van der Waals surface area contributed by atoms with Crippen LogP contribution in [0.5, 0.6) is 0 Å². The maximum atomic E-state index is 12.5. The molecule has 0 unspecified atom stereocenters. The van der Waals surface area contributed by atoms with E-state index in [2.05, 4.69) is 5.32 Å². The standard InChI is InChI=1S/C21H28N4O5/c1-23(2)16-8-6-15(7-9-16)12-24(3)17(26)14-30-18(27)13-25-19(28)21(22-20(25)29)10-4-5-11-21/h6-9H,4-5,10-14H2,1-3H3,(H,22,29). The average molecular weight is 416 g/mol. The summed E-state index contributed by atoms with van der Waals surface area (Å²) in [5, 5.41) is 2.71. The number of nitrogens with one attached hydrogen (secondary N) is 1. The van der Waals surface area contributed by atoms with Crippen molar-refractivity contribution in [1.29, 1.82) is 0 Å². The summed E-state index contributed by atoms with van der Waals surface area (Å²) in [4.78, 5) is 53.4. The topological polar surface area (TPSA) is 99.3 Å². The maximum absolute atomic E-state index is 12.5. The highest BCUT2D eigenvalue weighted by molar-refractivity contribution is 6.08. The Morgan fingerprint density at radius 3 is 2.33 bits per heavy atom. The minimum Gasteiger partial charge on any atom is -0.454 e. The Kier molecular flexibility index (Phi) is 6.28. The zero-order valence-electron chi connectivity index (χ0n) is 17.6. The number of anilines is 1. The van der Waals surface area contributed by atoms with Crippen molar-refractivity contribution in [2.75, 3.05) is 39.2 Å². The van der Waals surface area contributed by atoms with Crippen molar-refractivity contribution in [3.63, 3.8) is 0 Å². The van der Waals surface area contributed by atoms with E-state index in [1.54, 1.807) is 7.05 Å². The van der Waals surface area contributed by atoms with Crippen LogP contribution in [0, 0.1) is 0 Å². The van der Waals surface area contributed by atoms with Crippen LogP contribution in [0.1, 0.15) is 31.2 Å². The molecule has 9 heteroatoms. The molecule has 4 amide bonds. The summed E-state index contributed by atoms with van der Waals surface area (Å²) in [7, 11) is 5.52. The summed E-state index contributed by atoms with van der Waals surface area (Å²) in [6, 6.07) is 7.21. The number of nitrogens with zero attached hydrogens (tertiary/aromatic N) is 3. The van der Waals surface area contributed by atoms with Crippen molar-refractivity contribution in [2.24, 2.45) is 0 Å². The molecule has 2 fully saturated rings. The molecule has 1 aromatic rings. The molecule has 0 radical (unpaired) electrons. The first-order valence-corrected chi connectivity index (χ1v) is 10.0. The van der Waals surface area contributed by atoms with E-state index in [4.69, 9.17) is 4.74 Å². The van der Waals surface area contributed by atoms with E-state index < -0.39 is 30.7 Å². The van der Waals surface area contributed by atoms with Gasteiger partial charge in [0, 0.05) is 33.4 Å². The minimum atomic E-state index is -0.866. The normalized spacial score (nSPS) is 17.2. The summed E-state index contributed by atoms with van der Waals surface area (Å²) in [5.74, 6) is -1.54. The molecule has 162 valence electrons. The largest absolute Gasteiger partial charge is 0.454 e. The Morgan fingerprint density at radius 2 is 1.73 bits per heavy atom. The van der Waals surface area contributed by atoms with Gasteiger partial charge in [0.05, 0.1) is 0 Å². The van der Waals surface area contributed by atoms with Crippen LogP contribution >= 0.6 is 0 Å². The van der Waals surface area contributed by atoms with Crippen LogP contribution in [-0.2, 0) is 25.7 Å². The molecule has 1 aliphatic carbocycles. The third-order valence-electron chi connectivity index (χ3n) is 5.65. The van der Waals surface area contributed by atoms with E-state index in [0.717, 1.165) is 29.0 Å². The molecule has 1 aromatic carbocycles. The number of esters is 1. The lowest BCUT2D eigenvalue weighted by molar-refractivity contribution is -0.153. The number of urea groups is 1. The molecular weight excluding hydrogens is 388 g/mol. The van der Waals surface area contributed by atoms with Crippen LogP contribution < -0.4 is 10.2 Å². The van der Waals surface area contributed by atoms with Crippen LogP contribution in [-0.4, -0.2) is 73.4 Å². The fraction of sp³-hybridized carbons (Fsp3) is 0.524. The number of amides is 4. The molecule has 1 heterocycles. The van der Waals surface area contributed by atoms with Crippen LogP contribution in [0.4, 0.5) is 10.5 Å². The van der Waals surface area contributed by atoms with E-state index >= 15 is 0 Å². The van der Waals surface area contributed by atoms with Crippen molar-refractivity contribution in [1.82, 2.24) is 15.1 Å². The van der Waals surface area contributed by atoms with E-state index in [9.17, 15) is 19.2 Å². The molecule has 0 bridgehead atoms. The fourth-order valence-electron chi connectivity index (χ4n) is 3.83. The number of rotatable bonds is 7. The summed E-state index contributed by atoms with van der Waals surface area (Å²) >= 11 is 0. The second-order valence-corrected chi connectivity index (χ2v) is 8.08. The Morgan fingerprint density at radius 1 is 1.10 bits per heavy atom. The molecule has 9 nitrogen and oxygen atoms in total. The lowest BCUT2D eigenvalue weighted by atomic mass is 9.98. The second-order valence-electron chi connectivity index (χ2n) is 8.08. The number of imide groups is 1. The van der Waals surface area contributed by atoms with Gasteiger partial charge in [-0.3, -0.25) is 19.3 Å². The molecule has 2 aliphatic rings. The predicted molar refractivity (Wildman–Crippen MR) is 110 cm³/mol. The van der Waals surface area contributed by atoms with E-state index in [1.807, 2.05) is 43.3 Å². The SMILES string of the molecule is CN(Cc1ccc(N(C)C)cc1)C(=O)COC(=O)CN1C(=O)NC2(CCCC2)C1=O. The van der Waals surface area contributed by atoms with Gasteiger partial charge < -0.3 is 19.9 Å². The van der Waals surface area contributed by atoms with Gasteiger partial charge in [0.15, 0.2) is 6.61 Å². The van der Waals surface area contributed by atoms with Gasteiger partial charge in [-0.2, -0.15) is 0 Å². The molecule has 1 N–H and O–H groups in total.